The second kappa shape index (κ2) is 18.1. The SMILES string of the molecule is C.C.CN(CCOCCOCCN(C)c1ccc(N=Nc2scc[n+]2C)cc1)c1ccc(N=Nc2scc[n+]2C)cc1. The second-order valence-electron chi connectivity index (χ2n) is 9.09. The first-order valence-electron chi connectivity index (χ1n) is 13.0. The molecule has 4 rings (SSSR count). The largest absolute Gasteiger partial charge is 0.408 e. The molecule has 12 heteroatoms. The van der Waals surface area contributed by atoms with Crippen molar-refractivity contribution in [3.63, 3.8) is 0 Å². The first-order valence-corrected chi connectivity index (χ1v) is 14.7. The van der Waals surface area contributed by atoms with Gasteiger partial charge in [0.1, 0.15) is 23.8 Å². The van der Waals surface area contributed by atoms with E-state index in [0.29, 0.717) is 26.4 Å². The summed E-state index contributed by atoms with van der Waals surface area (Å²) >= 11 is 3.12. The highest BCUT2D eigenvalue weighted by molar-refractivity contribution is 7.13. The Labute approximate surface area is 258 Å². The van der Waals surface area contributed by atoms with E-state index >= 15 is 0 Å². The van der Waals surface area contributed by atoms with Gasteiger partial charge in [0.25, 0.3) is 0 Å². The van der Waals surface area contributed by atoms with Crippen molar-refractivity contribution >= 4 is 55.7 Å². The van der Waals surface area contributed by atoms with Crippen LogP contribution in [0.4, 0.5) is 33.0 Å². The zero-order valence-corrected chi connectivity index (χ0v) is 25.0. The molecule has 0 spiro atoms. The Hall–Kier alpha value is -3.58. The number of azo groups is 2. The van der Waals surface area contributed by atoms with Gasteiger partial charge in [-0.25, -0.2) is 9.13 Å². The number of likely N-dealkylation sites (N-methyl/N-ethyl adjacent to an activating group) is 2. The monoisotopic (exact) mass is 612 g/mol. The molecule has 0 radical (unpaired) electrons. The van der Waals surface area contributed by atoms with Gasteiger partial charge in [0.15, 0.2) is 0 Å². The third-order valence-electron chi connectivity index (χ3n) is 6.12. The Bertz CT molecular complexity index is 1260. The van der Waals surface area contributed by atoms with Crippen LogP contribution in [0.25, 0.3) is 0 Å². The predicted molar refractivity (Wildman–Crippen MR) is 174 cm³/mol. The summed E-state index contributed by atoms with van der Waals surface area (Å²) in [5, 5.41) is 22.9. The second-order valence-corrected chi connectivity index (χ2v) is 10.8. The molecule has 2 aromatic heterocycles. The van der Waals surface area contributed by atoms with Crippen LogP contribution in [0.15, 0.2) is 92.1 Å². The van der Waals surface area contributed by atoms with Crippen LogP contribution >= 0.6 is 22.7 Å². The number of aryl methyl sites for hydroxylation is 2. The van der Waals surface area contributed by atoms with Crippen LogP contribution in [0.3, 0.4) is 0 Å². The van der Waals surface area contributed by atoms with Crippen molar-refractivity contribution in [1.82, 2.24) is 0 Å². The van der Waals surface area contributed by atoms with Gasteiger partial charge in [0.2, 0.25) is 0 Å². The van der Waals surface area contributed by atoms with E-state index in [1.165, 1.54) is 0 Å². The number of nitrogens with zero attached hydrogens (tertiary/aromatic N) is 8. The molecule has 42 heavy (non-hydrogen) atoms. The van der Waals surface area contributed by atoms with Crippen molar-refractivity contribution in [1.29, 1.82) is 0 Å². The van der Waals surface area contributed by atoms with E-state index in [1.807, 2.05) is 94.9 Å². The highest BCUT2D eigenvalue weighted by atomic mass is 32.1. The Morgan fingerprint density at radius 1 is 0.595 bits per heavy atom. The molecule has 0 N–H and O–H groups in total. The molecule has 0 saturated heterocycles. The lowest BCUT2D eigenvalue weighted by molar-refractivity contribution is -0.654. The Morgan fingerprint density at radius 2 is 0.976 bits per heavy atom. The topological polar surface area (TPSA) is 82.1 Å². The number of ether oxygens (including phenoxy) is 2. The van der Waals surface area contributed by atoms with E-state index in [9.17, 15) is 0 Å². The maximum atomic E-state index is 5.77. The van der Waals surface area contributed by atoms with E-state index in [4.69, 9.17) is 9.47 Å². The standard InChI is InChI=1S/C28H36N8O2S2.2CH4/c1-33(25-9-5-23(6-10-25)29-31-27-35(3)15-21-39-27)13-17-37-19-20-38-18-14-34(2)26-11-7-24(8-12-26)30-32-28-36(4)16-22-40-28;;/h5-12,15-16,21-22H,13-14,17-20H2,1-4H3;2*1H4/q+2;;. The highest BCUT2D eigenvalue weighted by Crippen LogP contribution is 2.23. The number of aromatic nitrogens is 2. The Morgan fingerprint density at radius 3 is 1.31 bits per heavy atom. The van der Waals surface area contributed by atoms with E-state index < -0.39 is 0 Å². The zero-order chi connectivity index (χ0) is 28.2. The summed E-state index contributed by atoms with van der Waals surface area (Å²) in [6, 6.07) is 16.1. The zero-order valence-electron chi connectivity index (χ0n) is 23.4. The van der Waals surface area contributed by atoms with Crippen molar-refractivity contribution in [3.05, 3.63) is 71.7 Å². The van der Waals surface area contributed by atoms with Crippen molar-refractivity contribution in [2.45, 2.75) is 14.9 Å². The van der Waals surface area contributed by atoms with E-state index in [-0.39, 0.29) is 14.9 Å². The van der Waals surface area contributed by atoms with Crippen LogP contribution in [0, 0.1) is 0 Å². The third kappa shape index (κ3) is 10.7. The van der Waals surface area contributed by atoms with Gasteiger partial charge in [-0.1, -0.05) is 14.9 Å². The van der Waals surface area contributed by atoms with E-state index in [1.54, 1.807) is 22.7 Å². The quantitative estimate of drug-likeness (QED) is 0.0810. The maximum Gasteiger partial charge on any atom is 0.408 e. The first kappa shape index (κ1) is 34.6. The molecule has 0 aliphatic heterocycles. The van der Waals surface area contributed by atoms with Gasteiger partial charge in [-0.05, 0) is 81.4 Å². The van der Waals surface area contributed by atoms with Gasteiger partial charge in [0, 0.05) is 49.3 Å². The first-order chi connectivity index (χ1) is 19.5. The van der Waals surface area contributed by atoms with Crippen molar-refractivity contribution in [2.75, 3.05) is 63.4 Å². The number of rotatable bonds is 15. The van der Waals surface area contributed by atoms with Crippen LogP contribution in [0.5, 0.6) is 0 Å². The maximum absolute atomic E-state index is 5.77. The lowest BCUT2D eigenvalue weighted by atomic mass is 10.2. The van der Waals surface area contributed by atoms with E-state index in [2.05, 4.69) is 44.4 Å². The smallest absolute Gasteiger partial charge is 0.377 e. The number of hydrogen-bond acceptors (Lipinski definition) is 10. The molecule has 0 aliphatic rings. The molecule has 226 valence electrons. The molecular formula is C30H44N8O2S2+2. The van der Waals surface area contributed by atoms with Crippen LogP contribution < -0.4 is 18.9 Å². The molecule has 0 saturated carbocycles. The fraction of sp³-hybridized carbons (Fsp3) is 0.400. The molecule has 0 unspecified atom stereocenters. The summed E-state index contributed by atoms with van der Waals surface area (Å²) in [6.45, 7) is 3.97. The van der Waals surface area contributed by atoms with Gasteiger partial charge < -0.3 is 19.3 Å². The minimum atomic E-state index is 0. The Kier molecular flexibility index (Phi) is 14.9. The molecule has 4 aromatic rings. The molecule has 10 nitrogen and oxygen atoms in total. The van der Waals surface area contributed by atoms with Gasteiger partial charge in [0.05, 0.1) is 50.8 Å². The van der Waals surface area contributed by atoms with Crippen LogP contribution in [0.2, 0.25) is 0 Å². The minimum Gasteiger partial charge on any atom is -0.377 e. The average Bonchev–Trinajstić information content (AvgIpc) is 3.59. The third-order valence-corrected chi connectivity index (χ3v) is 7.79. The van der Waals surface area contributed by atoms with Crippen molar-refractivity contribution in [2.24, 2.45) is 34.6 Å². The molecule has 0 fully saturated rings. The normalized spacial score (nSPS) is 11.0. The summed E-state index contributed by atoms with van der Waals surface area (Å²) in [5.74, 6) is 0. The number of hydrogen-bond donors (Lipinski definition) is 0. The van der Waals surface area contributed by atoms with Crippen molar-refractivity contribution in [3.8, 4) is 0 Å². The molecule has 0 amide bonds. The summed E-state index contributed by atoms with van der Waals surface area (Å²) in [5.41, 5.74) is 3.87. The number of thiazole rings is 2. The van der Waals surface area contributed by atoms with Crippen LogP contribution in [-0.2, 0) is 23.6 Å². The molecule has 0 bridgehead atoms. The van der Waals surface area contributed by atoms with Gasteiger partial charge in [-0.15, -0.1) is 0 Å². The molecule has 2 aromatic carbocycles. The predicted octanol–water partition coefficient (Wildman–Crippen LogP) is 7.17. The molecule has 2 heterocycles. The van der Waals surface area contributed by atoms with Crippen LogP contribution in [-0.4, -0.2) is 53.6 Å². The average molecular weight is 613 g/mol. The fourth-order valence-electron chi connectivity index (χ4n) is 3.58. The van der Waals surface area contributed by atoms with Crippen molar-refractivity contribution < 1.29 is 18.6 Å². The molecule has 0 aliphatic carbocycles. The fourth-order valence-corrected chi connectivity index (χ4v) is 4.94. The van der Waals surface area contributed by atoms with Gasteiger partial charge in [-0.3, -0.25) is 0 Å². The lowest BCUT2D eigenvalue weighted by Crippen LogP contribution is -2.24. The summed E-state index contributed by atoms with van der Waals surface area (Å²) in [6.07, 6.45) is 3.93. The van der Waals surface area contributed by atoms with Gasteiger partial charge in [-0.2, -0.15) is 0 Å². The van der Waals surface area contributed by atoms with Gasteiger partial charge >= 0.3 is 10.3 Å². The summed E-state index contributed by atoms with van der Waals surface area (Å²) in [4.78, 5) is 4.32. The highest BCUT2D eigenvalue weighted by Gasteiger charge is 2.09. The van der Waals surface area contributed by atoms with Crippen LogP contribution in [0.1, 0.15) is 14.9 Å². The minimum absolute atomic E-state index is 0. The Balaban J connectivity index is 0.00000308. The number of anilines is 2. The summed E-state index contributed by atoms with van der Waals surface area (Å²) < 4.78 is 15.4. The summed E-state index contributed by atoms with van der Waals surface area (Å²) in [7, 11) is 8.02. The van der Waals surface area contributed by atoms with E-state index in [0.717, 1.165) is 46.1 Å². The number of benzene rings is 2. The molecular weight excluding hydrogens is 569 g/mol. The lowest BCUT2D eigenvalue weighted by Gasteiger charge is -2.20. The molecule has 0 atom stereocenters.